The van der Waals surface area contributed by atoms with Crippen molar-refractivity contribution in [3.05, 3.63) is 59.7 Å². The number of hydrogen-bond donors (Lipinski definition) is 2. The number of hydrogen-bond acceptors (Lipinski definition) is 4. The molecule has 0 spiro atoms. The van der Waals surface area contributed by atoms with Crippen LogP contribution in [0.2, 0.25) is 0 Å². The Morgan fingerprint density at radius 3 is 2.70 bits per heavy atom. The molecular formula is C16H14O4. The molecule has 2 N–H and O–H groups in total. The molecule has 102 valence electrons. The summed E-state index contributed by atoms with van der Waals surface area (Å²) in [6.07, 6.45) is 2.79. The fourth-order valence-electron chi connectivity index (χ4n) is 1.71. The standard InChI is InChI=1S/C16H14O4/c1-20-14-4-2-3-11(10-14)15(18)7-5-12-9-13(17)6-8-16(12)19/h2-10,17,19H,1H3/b7-5+. The molecule has 0 aliphatic heterocycles. The normalized spacial score (nSPS) is 10.7. The van der Waals surface area contributed by atoms with Crippen molar-refractivity contribution in [2.75, 3.05) is 7.11 Å². The SMILES string of the molecule is COc1cccc(C(=O)/C=C/c2cc(O)ccc2O)c1. The first-order valence-corrected chi connectivity index (χ1v) is 5.98. The minimum absolute atomic E-state index is 0.00232. The molecule has 4 nitrogen and oxygen atoms in total. The van der Waals surface area contributed by atoms with Gasteiger partial charge in [0.1, 0.15) is 17.2 Å². The van der Waals surface area contributed by atoms with E-state index in [0.29, 0.717) is 16.9 Å². The monoisotopic (exact) mass is 270 g/mol. The maximum Gasteiger partial charge on any atom is 0.185 e. The number of phenols is 2. The zero-order valence-electron chi connectivity index (χ0n) is 10.9. The smallest absolute Gasteiger partial charge is 0.185 e. The molecule has 20 heavy (non-hydrogen) atoms. The summed E-state index contributed by atoms with van der Waals surface area (Å²) >= 11 is 0. The summed E-state index contributed by atoms with van der Waals surface area (Å²) in [6.45, 7) is 0. The van der Waals surface area contributed by atoms with Crippen molar-refractivity contribution in [1.82, 2.24) is 0 Å². The number of ether oxygens (including phenoxy) is 1. The summed E-state index contributed by atoms with van der Waals surface area (Å²) in [5.74, 6) is 0.407. The van der Waals surface area contributed by atoms with Crippen LogP contribution in [-0.4, -0.2) is 23.1 Å². The number of aromatic hydroxyl groups is 2. The number of methoxy groups -OCH3 is 1. The van der Waals surface area contributed by atoms with Gasteiger partial charge in [-0.05, 0) is 42.5 Å². The van der Waals surface area contributed by atoms with Gasteiger partial charge in [-0.3, -0.25) is 4.79 Å². The highest BCUT2D eigenvalue weighted by molar-refractivity contribution is 6.07. The van der Waals surface area contributed by atoms with Gasteiger partial charge in [-0.2, -0.15) is 0 Å². The largest absolute Gasteiger partial charge is 0.508 e. The summed E-state index contributed by atoms with van der Waals surface area (Å²) in [7, 11) is 1.53. The molecule has 2 rings (SSSR count). The van der Waals surface area contributed by atoms with E-state index in [4.69, 9.17) is 4.74 Å². The van der Waals surface area contributed by atoms with Crippen LogP contribution in [0.25, 0.3) is 6.08 Å². The van der Waals surface area contributed by atoms with E-state index >= 15 is 0 Å². The second kappa shape index (κ2) is 5.93. The van der Waals surface area contributed by atoms with E-state index in [9.17, 15) is 15.0 Å². The molecule has 0 aliphatic rings. The molecule has 0 unspecified atom stereocenters. The van der Waals surface area contributed by atoms with Gasteiger partial charge >= 0.3 is 0 Å². The van der Waals surface area contributed by atoms with Crippen molar-refractivity contribution in [3.8, 4) is 17.2 Å². The minimum atomic E-state index is -0.216. The Bertz CT molecular complexity index is 659. The predicted octanol–water partition coefficient (Wildman–Crippen LogP) is 3.00. The van der Waals surface area contributed by atoms with Gasteiger partial charge in [-0.25, -0.2) is 0 Å². The van der Waals surface area contributed by atoms with Crippen LogP contribution in [0.4, 0.5) is 0 Å². The Balaban J connectivity index is 2.22. The van der Waals surface area contributed by atoms with Crippen LogP contribution in [0.3, 0.4) is 0 Å². The molecule has 0 amide bonds. The Kier molecular flexibility index (Phi) is 4.05. The van der Waals surface area contributed by atoms with Crippen molar-refractivity contribution < 1.29 is 19.7 Å². The lowest BCUT2D eigenvalue weighted by atomic mass is 10.1. The molecule has 2 aromatic rings. The maximum atomic E-state index is 12.0. The zero-order valence-corrected chi connectivity index (χ0v) is 10.9. The quantitative estimate of drug-likeness (QED) is 0.509. The van der Waals surface area contributed by atoms with E-state index in [-0.39, 0.29) is 17.3 Å². The zero-order chi connectivity index (χ0) is 14.5. The van der Waals surface area contributed by atoms with E-state index < -0.39 is 0 Å². The lowest BCUT2D eigenvalue weighted by Gasteiger charge is -2.02. The van der Waals surface area contributed by atoms with Gasteiger partial charge in [0.2, 0.25) is 0 Å². The third kappa shape index (κ3) is 3.17. The Morgan fingerprint density at radius 1 is 1.15 bits per heavy atom. The number of allylic oxidation sites excluding steroid dienone is 1. The van der Waals surface area contributed by atoms with Crippen molar-refractivity contribution in [1.29, 1.82) is 0 Å². The third-order valence-corrected chi connectivity index (χ3v) is 2.78. The van der Waals surface area contributed by atoms with Crippen molar-refractivity contribution in [3.63, 3.8) is 0 Å². The van der Waals surface area contributed by atoms with Gasteiger partial charge < -0.3 is 14.9 Å². The van der Waals surface area contributed by atoms with Crippen LogP contribution in [0, 0.1) is 0 Å². The number of ketones is 1. The van der Waals surface area contributed by atoms with Gasteiger partial charge in [0, 0.05) is 11.1 Å². The molecule has 2 aromatic carbocycles. The van der Waals surface area contributed by atoms with Crippen molar-refractivity contribution in [2.45, 2.75) is 0 Å². The van der Waals surface area contributed by atoms with Crippen molar-refractivity contribution in [2.24, 2.45) is 0 Å². The number of phenolic OH excluding ortho intramolecular Hbond substituents is 2. The van der Waals surface area contributed by atoms with Crippen molar-refractivity contribution >= 4 is 11.9 Å². The summed E-state index contributed by atoms with van der Waals surface area (Å²) in [5, 5.41) is 18.9. The lowest BCUT2D eigenvalue weighted by Crippen LogP contribution is -1.94. The molecule has 0 heterocycles. The molecule has 0 saturated heterocycles. The number of benzene rings is 2. The summed E-state index contributed by atoms with van der Waals surface area (Å²) in [5.41, 5.74) is 0.862. The molecule has 0 atom stereocenters. The number of carbonyl (C=O) groups excluding carboxylic acids is 1. The van der Waals surface area contributed by atoms with Crippen LogP contribution in [0.15, 0.2) is 48.5 Å². The van der Waals surface area contributed by atoms with Gasteiger partial charge in [-0.1, -0.05) is 12.1 Å². The first kappa shape index (κ1) is 13.7. The minimum Gasteiger partial charge on any atom is -0.508 e. The third-order valence-electron chi connectivity index (χ3n) is 2.78. The second-order valence-electron chi connectivity index (χ2n) is 4.17. The molecule has 0 saturated carbocycles. The van der Waals surface area contributed by atoms with Crippen LogP contribution < -0.4 is 4.74 Å². The fraction of sp³-hybridized carbons (Fsp3) is 0.0625. The van der Waals surface area contributed by atoms with E-state index in [1.165, 1.54) is 37.5 Å². The fourth-order valence-corrected chi connectivity index (χ4v) is 1.71. The first-order chi connectivity index (χ1) is 9.60. The van der Waals surface area contributed by atoms with Gasteiger partial charge in [0.25, 0.3) is 0 Å². The topological polar surface area (TPSA) is 66.8 Å². The second-order valence-corrected chi connectivity index (χ2v) is 4.17. The highest BCUT2D eigenvalue weighted by Crippen LogP contribution is 2.23. The van der Waals surface area contributed by atoms with Crippen LogP contribution in [0.5, 0.6) is 17.2 Å². The molecule has 0 radical (unpaired) electrons. The molecule has 4 heteroatoms. The number of rotatable bonds is 4. The van der Waals surface area contributed by atoms with Crippen LogP contribution in [-0.2, 0) is 0 Å². The summed E-state index contributed by atoms with van der Waals surface area (Å²) < 4.78 is 5.05. The molecular weight excluding hydrogens is 256 g/mol. The van der Waals surface area contributed by atoms with Gasteiger partial charge in [0.05, 0.1) is 7.11 Å². The summed E-state index contributed by atoms with van der Waals surface area (Å²) in [6, 6.07) is 10.9. The number of carbonyl (C=O) groups is 1. The van der Waals surface area contributed by atoms with Crippen LogP contribution >= 0.6 is 0 Å². The summed E-state index contributed by atoms with van der Waals surface area (Å²) in [4.78, 5) is 12.0. The molecule has 0 aliphatic carbocycles. The van der Waals surface area contributed by atoms with E-state index in [2.05, 4.69) is 0 Å². The van der Waals surface area contributed by atoms with Crippen LogP contribution in [0.1, 0.15) is 15.9 Å². The lowest BCUT2D eigenvalue weighted by molar-refractivity contribution is 0.104. The highest BCUT2D eigenvalue weighted by Gasteiger charge is 2.04. The Morgan fingerprint density at radius 2 is 1.95 bits per heavy atom. The predicted molar refractivity (Wildman–Crippen MR) is 76.1 cm³/mol. The molecule has 0 fully saturated rings. The Labute approximate surface area is 116 Å². The average Bonchev–Trinajstić information content (AvgIpc) is 2.48. The van der Waals surface area contributed by atoms with E-state index in [1.807, 2.05) is 0 Å². The van der Waals surface area contributed by atoms with Gasteiger partial charge in [0.15, 0.2) is 5.78 Å². The van der Waals surface area contributed by atoms with E-state index in [1.54, 1.807) is 24.3 Å². The van der Waals surface area contributed by atoms with Gasteiger partial charge in [-0.15, -0.1) is 0 Å². The average molecular weight is 270 g/mol. The molecule has 0 aromatic heterocycles. The highest BCUT2D eigenvalue weighted by atomic mass is 16.5. The first-order valence-electron chi connectivity index (χ1n) is 5.98. The molecule has 0 bridgehead atoms. The Hall–Kier alpha value is -2.75. The van der Waals surface area contributed by atoms with E-state index in [0.717, 1.165) is 0 Å². The maximum absolute atomic E-state index is 12.0.